The molecule has 0 saturated carbocycles. The minimum absolute atomic E-state index is 0.0549. The Labute approximate surface area is 168 Å². The van der Waals surface area contributed by atoms with E-state index in [1.807, 2.05) is 6.92 Å². The predicted molar refractivity (Wildman–Crippen MR) is 110 cm³/mol. The van der Waals surface area contributed by atoms with E-state index in [-0.39, 0.29) is 22.2 Å². The lowest BCUT2D eigenvalue weighted by Crippen LogP contribution is -2.10. The fourth-order valence-electron chi connectivity index (χ4n) is 2.41. The van der Waals surface area contributed by atoms with Crippen LogP contribution in [0.4, 0.5) is 10.1 Å². The highest BCUT2D eigenvalue weighted by atomic mass is 32.2. The molecule has 0 heterocycles. The maximum Gasteiger partial charge on any atom is 0.339 e. The van der Waals surface area contributed by atoms with E-state index in [4.69, 9.17) is 8.92 Å². The van der Waals surface area contributed by atoms with Crippen molar-refractivity contribution in [3.8, 4) is 11.5 Å². The quantitative estimate of drug-likeness (QED) is 0.353. The van der Waals surface area contributed by atoms with Gasteiger partial charge in [0.05, 0.1) is 19.0 Å². The van der Waals surface area contributed by atoms with Crippen molar-refractivity contribution in [2.75, 3.05) is 12.5 Å². The smallest absolute Gasteiger partial charge is 0.339 e. The zero-order chi connectivity index (χ0) is 20.9. The Morgan fingerprint density at radius 2 is 1.66 bits per heavy atom. The fraction of sp³-hybridized carbons (Fsp3) is 0.0952. The van der Waals surface area contributed by atoms with Gasteiger partial charge in [-0.3, -0.25) is 5.43 Å². The Balaban J connectivity index is 1.75. The summed E-state index contributed by atoms with van der Waals surface area (Å²) in [4.78, 5) is 0.0549. The molecular weight excluding hydrogens is 395 g/mol. The van der Waals surface area contributed by atoms with Crippen LogP contribution in [-0.2, 0) is 10.1 Å². The molecule has 0 aliphatic carbocycles. The minimum atomic E-state index is -3.99. The first-order valence-corrected chi connectivity index (χ1v) is 10.0. The van der Waals surface area contributed by atoms with Crippen molar-refractivity contribution in [2.24, 2.45) is 5.10 Å². The summed E-state index contributed by atoms with van der Waals surface area (Å²) in [6, 6.07) is 16.8. The Kier molecular flexibility index (Phi) is 6.13. The molecule has 0 fully saturated rings. The summed E-state index contributed by atoms with van der Waals surface area (Å²) in [7, 11) is -2.57. The van der Waals surface area contributed by atoms with Crippen molar-refractivity contribution in [3.63, 3.8) is 0 Å². The summed E-state index contributed by atoms with van der Waals surface area (Å²) in [6.07, 6.45) is 1.52. The molecule has 29 heavy (non-hydrogen) atoms. The highest BCUT2D eigenvalue weighted by molar-refractivity contribution is 7.87. The number of hydrazone groups is 1. The molecule has 0 amide bonds. The molecule has 3 aromatic rings. The normalized spacial score (nSPS) is 11.4. The zero-order valence-corrected chi connectivity index (χ0v) is 16.6. The Hall–Kier alpha value is -3.39. The molecule has 0 saturated heterocycles. The number of methoxy groups -OCH3 is 1. The third-order valence-corrected chi connectivity index (χ3v) is 5.20. The minimum Gasteiger partial charge on any atom is -0.493 e. The van der Waals surface area contributed by atoms with Gasteiger partial charge in [0.25, 0.3) is 0 Å². The highest BCUT2D eigenvalue weighted by Gasteiger charge is 2.19. The topological polar surface area (TPSA) is 77.0 Å². The molecule has 6 nitrogen and oxygen atoms in total. The van der Waals surface area contributed by atoms with Crippen LogP contribution in [0.5, 0.6) is 11.5 Å². The summed E-state index contributed by atoms with van der Waals surface area (Å²) >= 11 is 0. The van der Waals surface area contributed by atoms with E-state index in [0.717, 1.165) is 5.56 Å². The van der Waals surface area contributed by atoms with Crippen LogP contribution in [0.3, 0.4) is 0 Å². The number of halogens is 1. The first-order chi connectivity index (χ1) is 13.9. The second-order valence-electron chi connectivity index (χ2n) is 6.14. The van der Waals surface area contributed by atoms with Gasteiger partial charge in [-0.2, -0.15) is 13.5 Å². The van der Waals surface area contributed by atoms with Crippen LogP contribution >= 0.6 is 0 Å². The molecule has 3 rings (SSSR count). The van der Waals surface area contributed by atoms with Crippen molar-refractivity contribution in [3.05, 3.63) is 83.7 Å². The molecule has 0 radical (unpaired) electrons. The summed E-state index contributed by atoms with van der Waals surface area (Å²) in [6.45, 7) is 1.87. The highest BCUT2D eigenvalue weighted by Crippen LogP contribution is 2.30. The molecule has 0 atom stereocenters. The van der Waals surface area contributed by atoms with Crippen LogP contribution < -0.4 is 14.3 Å². The number of anilines is 1. The van der Waals surface area contributed by atoms with Gasteiger partial charge < -0.3 is 8.92 Å². The SMILES string of the molecule is COc1cc(/C=N\Nc2ccc(F)cc2)ccc1OS(=O)(=O)c1ccc(C)cc1. The summed E-state index contributed by atoms with van der Waals surface area (Å²) in [5, 5.41) is 4.06. The first kappa shape index (κ1) is 20.3. The van der Waals surface area contributed by atoms with Crippen LogP contribution in [0, 0.1) is 12.7 Å². The predicted octanol–water partition coefficient (Wildman–Crippen LogP) is 4.36. The standard InChI is InChI=1S/C21H19FN2O4S/c1-15-3-10-19(11-4-15)29(25,26)28-20-12-5-16(13-21(20)27-2)14-23-24-18-8-6-17(22)7-9-18/h3-14,24H,1-2H3/b23-14-. The second kappa shape index (κ2) is 8.74. The van der Waals surface area contributed by atoms with Gasteiger partial charge in [-0.1, -0.05) is 17.7 Å². The Morgan fingerprint density at radius 3 is 2.31 bits per heavy atom. The van der Waals surface area contributed by atoms with E-state index in [9.17, 15) is 12.8 Å². The van der Waals surface area contributed by atoms with Crippen molar-refractivity contribution in [2.45, 2.75) is 11.8 Å². The van der Waals surface area contributed by atoms with E-state index >= 15 is 0 Å². The van der Waals surface area contributed by atoms with Crippen LogP contribution in [0.25, 0.3) is 0 Å². The van der Waals surface area contributed by atoms with Gasteiger partial charge >= 0.3 is 10.1 Å². The zero-order valence-electron chi connectivity index (χ0n) is 15.8. The summed E-state index contributed by atoms with van der Waals surface area (Å²) in [5.41, 5.74) is 4.99. The molecule has 0 bridgehead atoms. The van der Waals surface area contributed by atoms with Gasteiger partial charge in [0.1, 0.15) is 10.7 Å². The summed E-state index contributed by atoms with van der Waals surface area (Å²) in [5.74, 6) is -0.0245. The van der Waals surface area contributed by atoms with E-state index in [2.05, 4.69) is 10.5 Å². The number of hydrogen-bond acceptors (Lipinski definition) is 6. The van der Waals surface area contributed by atoms with Gasteiger partial charge in [-0.15, -0.1) is 0 Å². The van der Waals surface area contributed by atoms with Crippen molar-refractivity contribution >= 4 is 22.0 Å². The van der Waals surface area contributed by atoms with Gasteiger partial charge in [0.15, 0.2) is 11.5 Å². The first-order valence-electron chi connectivity index (χ1n) is 8.61. The number of ether oxygens (including phenoxy) is 1. The molecule has 3 aromatic carbocycles. The van der Waals surface area contributed by atoms with E-state index in [1.165, 1.54) is 43.7 Å². The maximum atomic E-state index is 12.9. The maximum absolute atomic E-state index is 12.9. The number of nitrogens with zero attached hydrogens (tertiary/aromatic N) is 1. The number of hydrogen-bond donors (Lipinski definition) is 1. The Morgan fingerprint density at radius 1 is 0.966 bits per heavy atom. The van der Waals surface area contributed by atoms with Crippen molar-refractivity contribution < 1.29 is 21.7 Å². The molecule has 150 valence electrons. The van der Waals surface area contributed by atoms with E-state index < -0.39 is 10.1 Å². The van der Waals surface area contributed by atoms with Gasteiger partial charge in [0.2, 0.25) is 0 Å². The fourth-order valence-corrected chi connectivity index (χ4v) is 3.35. The second-order valence-corrected chi connectivity index (χ2v) is 7.68. The molecule has 0 spiro atoms. The number of rotatable bonds is 7. The molecular formula is C21H19FN2O4S. The third-order valence-electron chi connectivity index (χ3n) is 3.95. The van der Waals surface area contributed by atoms with Crippen LogP contribution in [-0.4, -0.2) is 21.7 Å². The molecule has 8 heteroatoms. The van der Waals surface area contributed by atoms with Crippen LogP contribution in [0.1, 0.15) is 11.1 Å². The summed E-state index contributed by atoms with van der Waals surface area (Å²) < 4.78 is 48.4. The van der Waals surface area contributed by atoms with Gasteiger partial charge in [-0.25, -0.2) is 4.39 Å². The lowest BCUT2D eigenvalue weighted by atomic mass is 10.2. The van der Waals surface area contributed by atoms with Crippen molar-refractivity contribution in [1.82, 2.24) is 0 Å². The van der Waals surface area contributed by atoms with E-state index in [1.54, 1.807) is 36.4 Å². The molecule has 0 aliphatic heterocycles. The molecule has 0 aliphatic rings. The third kappa shape index (κ3) is 5.32. The Bertz CT molecular complexity index is 1110. The number of aryl methyl sites for hydroxylation is 1. The largest absolute Gasteiger partial charge is 0.493 e. The number of benzene rings is 3. The van der Waals surface area contributed by atoms with Gasteiger partial charge in [-0.05, 0) is 67.1 Å². The van der Waals surface area contributed by atoms with Crippen LogP contribution in [0.15, 0.2) is 76.7 Å². The lowest BCUT2D eigenvalue weighted by Gasteiger charge is -2.11. The molecule has 0 aromatic heterocycles. The van der Waals surface area contributed by atoms with Gasteiger partial charge in [0, 0.05) is 0 Å². The monoisotopic (exact) mass is 414 g/mol. The molecule has 1 N–H and O–H groups in total. The number of nitrogens with one attached hydrogen (secondary N) is 1. The lowest BCUT2D eigenvalue weighted by molar-refractivity contribution is 0.390. The van der Waals surface area contributed by atoms with E-state index in [0.29, 0.717) is 11.3 Å². The average Bonchev–Trinajstić information content (AvgIpc) is 2.70. The van der Waals surface area contributed by atoms with Crippen molar-refractivity contribution in [1.29, 1.82) is 0 Å². The van der Waals surface area contributed by atoms with Crippen LogP contribution in [0.2, 0.25) is 0 Å². The molecule has 0 unspecified atom stereocenters. The average molecular weight is 414 g/mol.